The van der Waals surface area contributed by atoms with Crippen LogP contribution >= 0.6 is 0 Å². The standard InChI is InChI=1S/C17H21NO/c1-15(16-9-4-2-5-10-16)18-13-8-14-19-17-11-6-3-7-12-17/h2-7,9-12,15,18H,8,13-14H2,1H3/t15-/m0/s1. The van der Waals surface area contributed by atoms with Crippen molar-refractivity contribution in [1.82, 2.24) is 5.32 Å². The maximum Gasteiger partial charge on any atom is 0.119 e. The van der Waals surface area contributed by atoms with Crippen LogP contribution in [0.3, 0.4) is 0 Å². The average Bonchev–Trinajstić information content (AvgIpc) is 2.49. The van der Waals surface area contributed by atoms with E-state index in [1.807, 2.05) is 36.4 Å². The Bertz CT molecular complexity index is 455. The summed E-state index contributed by atoms with van der Waals surface area (Å²) in [5, 5.41) is 3.51. The van der Waals surface area contributed by atoms with E-state index in [1.54, 1.807) is 0 Å². The molecule has 1 atom stereocenters. The largest absolute Gasteiger partial charge is 0.494 e. The zero-order chi connectivity index (χ0) is 13.3. The second-order valence-corrected chi connectivity index (χ2v) is 4.60. The van der Waals surface area contributed by atoms with Gasteiger partial charge in [0.1, 0.15) is 5.75 Å². The van der Waals surface area contributed by atoms with Crippen molar-refractivity contribution in [1.29, 1.82) is 0 Å². The number of para-hydroxylation sites is 1. The van der Waals surface area contributed by atoms with Crippen molar-refractivity contribution in [2.24, 2.45) is 0 Å². The zero-order valence-electron chi connectivity index (χ0n) is 11.4. The van der Waals surface area contributed by atoms with E-state index in [0.717, 1.165) is 25.3 Å². The van der Waals surface area contributed by atoms with Crippen molar-refractivity contribution in [2.75, 3.05) is 13.2 Å². The first-order chi connectivity index (χ1) is 9.36. The van der Waals surface area contributed by atoms with Gasteiger partial charge in [-0.25, -0.2) is 0 Å². The molecular weight excluding hydrogens is 234 g/mol. The SMILES string of the molecule is C[C@H](NCCCOc1ccccc1)c1ccccc1. The lowest BCUT2D eigenvalue weighted by Crippen LogP contribution is -2.21. The second-order valence-electron chi connectivity index (χ2n) is 4.60. The molecular formula is C17H21NO. The summed E-state index contributed by atoms with van der Waals surface area (Å²) in [7, 11) is 0. The molecule has 0 aliphatic heterocycles. The van der Waals surface area contributed by atoms with Crippen LogP contribution in [0.5, 0.6) is 5.75 Å². The highest BCUT2D eigenvalue weighted by molar-refractivity contribution is 5.21. The van der Waals surface area contributed by atoms with Gasteiger partial charge in [-0.1, -0.05) is 48.5 Å². The molecule has 2 aromatic rings. The molecule has 100 valence electrons. The number of ether oxygens (including phenoxy) is 1. The molecule has 0 fully saturated rings. The van der Waals surface area contributed by atoms with E-state index in [0.29, 0.717) is 6.04 Å². The third-order valence-electron chi connectivity index (χ3n) is 3.08. The molecule has 0 saturated carbocycles. The fourth-order valence-corrected chi connectivity index (χ4v) is 1.96. The third-order valence-corrected chi connectivity index (χ3v) is 3.08. The molecule has 0 saturated heterocycles. The minimum atomic E-state index is 0.387. The van der Waals surface area contributed by atoms with Gasteiger partial charge >= 0.3 is 0 Å². The van der Waals surface area contributed by atoms with Crippen molar-refractivity contribution in [3.63, 3.8) is 0 Å². The van der Waals surface area contributed by atoms with Gasteiger partial charge in [0.25, 0.3) is 0 Å². The molecule has 0 heterocycles. The summed E-state index contributed by atoms with van der Waals surface area (Å²) >= 11 is 0. The maximum atomic E-state index is 5.65. The molecule has 0 spiro atoms. The second kappa shape index (κ2) is 7.59. The Balaban J connectivity index is 1.62. The van der Waals surface area contributed by atoms with Crippen molar-refractivity contribution >= 4 is 0 Å². The number of rotatable bonds is 7. The lowest BCUT2D eigenvalue weighted by Gasteiger charge is -2.14. The minimum Gasteiger partial charge on any atom is -0.494 e. The maximum absolute atomic E-state index is 5.65. The van der Waals surface area contributed by atoms with Crippen LogP contribution in [0, 0.1) is 0 Å². The predicted molar refractivity (Wildman–Crippen MR) is 79.4 cm³/mol. The first-order valence-electron chi connectivity index (χ1n) is 6.82. The van der Waals surface area contributed by atoms with E-state index in [4.69, 9.17) is 4.74 Å². The summed E-state index contributed by atoms with van der Waals surface area (Å²) < 4.78 is 5.65. The summed E-state index contributed by atoms with van der Waals surface area (Å²) in [6.07, 6.45) is 1.01. The lowest BCUT2D eigenvalue weighted by molar-refractivity contribution is 0.305. The topological polar surface area (TPSA) is 21.3 Å². The van der Waals surface area contributed by atoms with Crippen molar-refractivity contribution < 1.29 is 4.74 Å². The highest BCUT2D eigenvalue weighted by Gasteiger charge is 2.02. The molecule has 19 heavy (non-hydrogen) atoms. The molecule has 0 amide bonds. The molecule has 0 radical (unpaired) electrons. The van der Waals surface area contributed by atoms with Gasteiger partial charge in [0.15, 0.2) is 0 Å². The van der Waals surface area contributed by atoms with Crippen LogP contribution < -0.4 is 10.1 Å². The van der Waals surface area contributed by atoms with Gasteiger partial charge in [-0.3, -0.25) is 0 Å². The highest BCUT2D eigenvalue weighted by Crippen LogP contribution is 2.11. The number of benzene rings is 2. The summed E-state index contributed by atoms with van der Waals surface area (Å²) in [6.45, 7) is 3.90. The van der Waals surface area contributed by atoms with Crippen LogP contribution in [0.4, 0.5) is 0 Å². The Kier molecular flexibility index (Phi) is 5.45. The van der Waals surface area contributed by atoms with Crippen molar-refractivity contribution in [2.45, 2.75) is 19.4 Å². The smallest absolute Gasteiger partial charge is 0.119 e. The van der Waals surface area contributed by atoms with E-state index < -0.39 is 0 Å². The fraction of sp³-hybridized carbons (Fsp3) is 0.294. The number of hydrogen-bond acceptors (Lipinski definition) is 2. The summed E-state index contributed by atoms with van der Waals surface area (Å²) in [6, 6.07) is 20.8. The van der Waals surface area contributed by atoms with Crippen LogP contribution in [0.25, 0.3) is 0 Å². The first kappa shape index (κ1) is 13.6. The molecule has 2 aromatic carbocycles. The van der Waals surface area contributed by atoms with Gasteiger partial charge in [-0.15, -0.1) is 0 Å². The van der Waals surface area contributed by atoms with Gasteiger partial charge in [-0.2, -0.15) is 0 Å². The third kappa shape index (κ3) is 4.76. The molecule has 1 N–H and O–H groups in total. The molecule has 0 unspecified atom stereocenters. The van der Waals surface area contributed by atoms with Crippen molar-refractivity contribution in [3.05, 3.63) is 66.2 Å². The summed E-state index contributed by atoms with van der Waals surface area (Å²) in [4.78, 5) is 0. The normalized spacial score (nSPS) is 12.1. The molecule has 0 aromatic heterocycles. The van der Waals surface area contributed by atoms with E-state index in [9.17, 15) is 0 Å². The molecule has 2 heteroatoms. The van der Waals surface area contributed by atoms with Crippen LogP contribution in [-0.2, 0) is 0 Å². The quantitative estimate of drug-likeness (QED) is 0.760. The van der Waals surface area contributed by atoms with E-state index in [2.05, 4.69) is 36.5 Å². The van der Waals surface area contributed by atoms with Crippen LogP contribution in [0.2, 0.25) is 0 Å². The first-order valence-corrected chi connectivity index (χ1v) is 6.82. The molecule has 2 nitrogen and oxygen atoms in total. The Hall–Kier alpha value is -1.80. The van der Waals surface area contributed by atoms with Crippen LogP contribution in [-0.4, -0.2) is 13.2 Å². The number of nitrogens with one attached hydrogen (secondary N) is 1. The predicted octanol–water partition coefficient (Wildman–Crippen LogP) is 3.81. The van der Waals surface area contributed by atoms with E-state index in [-0.39, 0.29) is 0 Å². The zero-order valence-corrected chi connectivity index (χ0v) is 11.4. The highest BCUT2D eigenvalue weighted by atomic mass is 16.5. The van der Waals surface area contributed by atoms with E-state index >= 15 is 0 Å². The van der Waals surface area contributed by atoms with Gasteiger partial charge in [0.05, 0.1) is 6.61 Å². The Morgan fingerprint density at radius 1 is 0.947 bits per heavy atom. The van der Waals surface area contributed by atoms with Crippen LogP contribution in [0.1, 0.15) is 24.9 Å². The molecule has 0 aliphatic carbocycles. The Morgan fingerprint density at radius 2 is 1.58 bits per heavy atom. The average molecular weight is 255 g/mol. The fourth-order valence-electron chi connectivity index (χ4n) is 1.96. The Labute approximate surface area is 115 Å². The van der Waals surface area contributed by atoms with Gasteiger partial charge in [0.2, 0.25) is 0 Å². The lowest BCUT2D eigenvalue weighted by atomic mass is 10.1. The molecule has 0 bridgehead atoms. The monoisotopic (exact) mass is 255 g/mol. The summed E-state index contributed by atoms with van der Waals surface area (Å²) in [5.74, 6) is 0.943. The van der Waals surface area contributed by atoms with Gasteiger partial charge < -0.3 is 10.1 Å². The number of hydrogen-bond donors (Lipinski definition) is 1. The van der Waals surface area contributed by atoms with Gasteiger partial charge in [-0.05, 0) is 37.6 Å². The minimum absolute atomic E-state index is 0.387. The van der Waals surface area contributed by atoms with Gasteiger partial charge in [0, 0.05) is 6.04 Å². The Morgan fingerprint density at radius 3 is 2.26 bits per heavy atom. The van der Waals surface area contributed by atoms with Crippen LogP contribution in [0.15, 0.2) is 60.7 Å². The molecule has 0 aliphatic rings. The van der Waals surface area contributed by atoms with Crippen molar-refractivity contribution in [3.8, 4) is 5.75 Å². The summed E-state index contributed by atoms with van der Waals surface area (Å²) in [5.41, 5.74) is 1.33. The van der Waals surface area contributed by atoms with E-state index in [1.165, 1.54) is 5.56 Å². The molecule has 2 rings (SSSR count).